The molecule has 1 unspecified atom stereocenters. The molecule has 0 bridgehead atoms. The number of carbonyl (C=O) groups is 3. The Morgan fingerprint density at radius 3 is 2.29 bits per heavy atom. The molecule has 3 amide bonds. The van der Waals surface area contributed by atoms with Gasteiger partial charge in [-0.1, -0.05) is 45.0 Å². The zero-order valence-corrected chi connectivity index (χ0v) is 14.8. The molecule has 0 spiro atoms. The van der Waals surface area contributed by atoms with E-state index >= 15 is 0 Å². The van der Waals surface area contributed by atoms with Crippen molar-refractivity contribution in [2.45, 2.75) is 45.6 Å². The second kappa shape index (κ2) is 6.26. The van der Waals surface area contributed by atoms with Crippen LogP contribution in [-0.2, 0) is 25.3 Å². The first-order valence-electron chi connectivity index (χ1n) is 8.00. The SMILES string of the molecule is CCOC(=O)CN1C(=O)NC(C)(c2ccc(C(C)(C)C)cc2)C1=O. The number of nitrogens with one attached hydrogen (secondary N) is 1. The average Bonchev–Trinajstić information content (AvgIpc) is 2.71. The number of carbonyl (C=O) groups excluding carboxylic acids is 3. The van der Waals surface area contributed by atoms with Crippen molar-refractivity contribution in [2.24, 2.45) is 0 Å². The van der Waals surface area contributed by atoms with E-state index in [-0.39, 0.29) is 18.6 Å². The van der Waals surface area contributed by atoms with Gasteiger partial charge in [0.05, 0.1) is 6.61 Å². The van der Waals surface area contributed by atoms with Gasteiger partial charge in [0, 0.05) is 0 Å². The van der Waals surface area contributed by atoms with E-state index in [0.29, 0.717) is 5.56 Å². The first-order chi connectivity index (χ1) is 11.1. The lowest BCUT2D eigenvalue weighted by Crippen LogP contribution is -2.41. The van der Waals surface area contributed by atoms with Crippen molar-refractivity contribution in [1.29, 1.82) is 0 Å². The van der Waals surface area contributed by atoms with Crippen LogP contribution >= 0.6 is 0 Å². The van der Waals surface area contributed by atoms with Crippen LogP contribution < -0.4 is 5.32 Å². The number of benzene rings is 1. The van der Waals surface area contributed by atoms with Crippen LogP contribution in [0.5, 0.6) is 0 Å². The third-order valence-corrected chi connectivity index (χ3v) is 4.20. The Bertz CT molecular complexity index is 661. The molecule has 1 fully saturated rings. The molecule has 1 saturated heterocycles. The fourth-order valence-corrected chi connectivity index (χ4v) is 2.68. The van der Waals surface area contributed by atoms with Gasteiger partial charge in [0.25, 0.3) is 5.91 Å². The second-order valence-corrected chi connectivity index (χ2v) is 7.08. The van der Waals surface area contributed by atoms with Gasteiger partial charge in [0.2, 0.25) is 0 Å². The van der Waals surface area contributed by atoms with Crippen molar-refractivity contribution < 1.29 is 19.1 Å². The number of urea groups is 1. The van der Waals surface area contributed by atoms with Gasteiger partial charge in [-0.05, 0) is 30.4 Å². The summed E-state index contributed by atoms with van der Waals surface area (Å²) in [4.78, 5) is 37.3. The summed E-state index contributed by atoms with van der Waals surface area (Å²) in [5, 5.41) is 2.68. The highest BCUT2D eigenvalue weighted by Crippen LogP contribution is 2.31. The van der Waals surface area contributed by atoms with Crippen molar-refractivity contribution in [3.8, 4) is 0 Å². The summed E-state index contributed by atoms with van der Waals surface area (Å²) in [5.74, 6) is -1.06. The van der Waals surface area contributed by atoms with Gasteiger partial charge in [-0.2, -0.15) is 0 Å². The maximum atomic E-state index is 12.7. The highest BCUT2D eigenvalue weighted by molar-refractivity contribution is 6.08. The molecular weight excluding hydrogens is 308 g/mol. The number of amides is 3. The lowest BCUT2D eigenvalue weighted by Gasteiger charge is -2.24. The third kappa shape index (κ3) is 3.27. The molecule has 6 nitrogen and oxygen atoms in total. The molecule has 130 valence electrons. The molecule has 1 heterocycles. The standard InChI is InChI=1S/C18H24N2O4/c1-6-24-14(21)11-20-15(22)18(5,19-16(20)23)13-9-7-12(8-10-13)17(2,3)4/h7-10H,6,11H2,1-5H3,(H,19,23). The molecule has 24 heavy (non-hydrogen) atoms. The molecule has 0 aromatic heterocycles. The quantitative estimate of drug-likeness (QED) is 0.678. The van der Waals surface area contributed by atoms with Gasteiger partial charge < -0.3 is 10.1 Å². The highest BCUT2D eigenvalue weighted by atomic mass is 16.5. The third-order valence-electron chi connectivity index (χ3n) is 4.20. The molecule has 2 rings (SSSR count). The van der Waals surface area contributed by atoms with Gasteiger partial charge in [-0.3, -0.25) is 14.5 Å². The van der Waals surface area contributed by atoms with Crippen LogP contribution in [0.15, 0.2) is 24.3 Å². The van der Waals surface area contributed by atoms with E-state index in [2.05, 4.69) is 26.1 Å². The van der Waals surface area contributed by atoms with E-state index in [0.717, 1.165) is 10.5 Å². The highest BCUT2D eigenvalue weighted by Gasteiger charge is 2.49. The van der Waals surface area contributed by atoms with Gasteiger partial charge in [0.1, 0.15) is 12.1 Å². The van der Waals surface area contributed by atoms with Crippen LogP contribution in [0, 0.1) is 0 Å². The molecule has 6 heteroatoms. The molecule has 1 N–H and O–H groups in total. The average molecular weight is 332 g/mol. The molecule has 0 radical (unpaired) electrons. The van der Waals surface area contributed by atoms with E-state index in [4.69, 9.17) is 4.74 Å². The Morgan fingerprint density at radius 2 is 1.79 bits per heavy atom. The van der Waals surface area contributed by atoms with Crippen molar-refractivity contribution in [1.82, 2.24) is 10.2 Å². The maximum absolute atomic E-state index is 12.7. The minimum absolute atomic E-state index is 0.00167. The molecule has 1 aromatic carbocycles. The lowest BCUT2D eigenvalue weighted by molar-refractivity contribution is -0.147. The molecular formula is C18H24N2O4. The molecule has 1 atom stereocenters. The van der Waals surface area contributed by atoms with Crippen LogP contribution in [0.2, 0.25) is 0 Å². The molecule has 0 saturated carbocycles. The summed E-state index contributed by atoms with van der Waals surface area (Å²) in [5.41, 5.74) is 0.633. The van der Waals surface area contributed by atoms with E-state index in [9.17, 15) is 14.4 Å². The number of hydrogen-bond donors (Lipinski definition) is 1. The summed E-state index contributed by atoms with van der Waals surface area (Å²) < 4.78 is 4.81. The van der Waals surface area contributed by atoms with Crippen LogP contribution in [-0.4, -0.2) is 36.0 Å². The Morgan fingerprint density at radius 1 is 1.21 bits per heavy atom. The predicted molar refractivity (Wildman–Crippen MR) is 89.4 cm³/mol. The topological polar surface area (TPSA) is 75.7 Å². The van der Waals surface area contributed by atoms with E-state index in [1.807, 2.05) is 24.3 Å². The number of hydrogen-bond acceptors (Lipinski definition) is 4. The summed E-state index contributed by atoms with van der Waals surface area (Å²) in [6.45, 7) is 9.45. The number of nitrogens with zero attached hydrogens (tertiary/aromatic N) is 1. The monoisotopic (exact) mass is 332 g/mol. The molecule has 1 aromatic rings. The number of ether oxygens (including phenoxy) is 1. The Hall–Kier alpha value is -2.37. The van der Waals surface area contributed by atoms with Crippen molar-refractivity contribution in [2.75, 3.05) is 13.2 Å². The lowest BCUT2D eigenvalue weighted by atomic mass is 9.84. The minimum atomic E-state index is -1.18. The zero-order valence-electron chi connectivity index (χ0n) is 14.8. The molecule has 0 aliphatic carbocycles. The van der Waals surface area contributed by atoms with Crippen molar-refractivity contribution >= 4 is 17.9 Å². The Labute approximate surface area is 142 Å². The first-order valence-corrected chi connectivity index (χ1v) is 8.00. The molecule has 1 aliphatic rings. The van der Waals surface area contributed by atoms with Crippen molar-refractivity contribution in [3.05, 3.63) is 35.4 Å². The summed E-state index contributed by atoms with van der Waals surface area (Å²) >= 11 is 0. The predicted octanol–water partition coefficient (Wildman–Crippen LogP) is 2.31. The molecule has 1 aliphatic heterocycles. The van der Waals surface area contributed by atoms with Gasteiger partial charge in [-0.15, -0.1) is 0 Å². The van der Waals surface area contributed by atoms with Crippen LogP contribution in [0.3, 0.4) is 0 Å². The van der Waals surface area contributed by atoms with Crippen LogP contribution in [0.25, 0.3) is 0 Å². The second-order valence-electron chi connectivity index (χ2n) is 7.08. The first kappa shape index (κ1) is 18.0. The number of esters is 1. The Balaban J connectivity index is 2.25. The van der Waals surface area contributed by atoms with Gasteiger partial charge in [0.15, 0.2) is 0 Å². The number of imide groups is 1. The van der Waals surface area contributed by atoms with Gasteiger partial charge >= 0.3 is 12.0 Å². The largest absolute Gasteiger partial charge is 0.465 e. The fourth-order valence-electron chi connectivity index (χ4n) is 2.68. The number of rotatable bonds is 4. The summed E-state index contributed by atoms with van der Waals surface area (Å²) in [6.07, 6.45) is 0. The summed E-state index contributed by atoms with van der Waals surface area (Å²) in [6, 6.07) is 7.00. The maximum Gasteiger partial charge on any atom is 0.326 e. The fraction of sp³-hybridized carbons (Fsp3) is 0.500. The van der Waals surface area contributed by atoms with E-state index in [1.54, 1.807) is 13.8 Å². The van der Waals surface area contributed by atoms with E-state index < -0.39 is 23.4 Å². The van der Waals surface area contributed by atoms with E-state index in [1.165, 1.54) is 0 Å². The van der Waals surface area contributed by atoms with Gasteiger partial charge in [-0.25, -0.2) is 4.79 Å². The van der Waals surface area contributed by atoms with Crippen LogP contribution in [0.1, 0.15) is 45.7 Å². The smallest absolute Gasteiger partial charge is 0.326 e. The normalized spacial score (nSPS) is 21.0. The van der Waals surface area contributed by atoms with Crippen molar-refractivity contribution in [3.63, 3.8) is 0 Å². The Kier molecular flexibility index (Phi) is 4.69. The minimum Gasteiger partial charge on any atom is -0.465 e. The zero-order chi connectivity index (χ0) is 18.1. The summed E-state index contributed by atoms with van der Waals surface area (Å²) in [7, 11) is 0. The van der Waals surface area contributed by atoms with Crippen LogP contribution in [0.4, 0.5) is 4.79 Å².